The number of phenols is 1. The number of nitrogens with zero attached hydrogens (tertiary/aromatic N) is 3. The first-order valence-electron chi connectivity index (χ1n) is 22.2. The van der Waals surface area contributed by atoms with Crippen molar-refractivity contribution in [3.63, 3.8) is 0 Å². The van der Waals surface area contributed by atoms with Crippen molar-refractivity contribution in [3.05, 3.63) is 75.6 Å². The van der Waals surface area contributed by atoms with Crippen LogP contribution in [0.25, 0.3) is 5.76 Å². The number of piperazine rings is 1. The predicted octanol–water partition coefficient (Wildman–Crippen LogP) is 4.41. The maximum atomic E-state index is 14.5. The van der Waals surface area contributed by atoms with Gasteiger partial charge in [0.25, 0.3) is 5.91 Å². The number of aromatic hydroxyl groups is 1. The van der Waals surface area contributed by atoms with Crippen molar-refractivity contribution < 1.29 is 44.3 Å². The monoisotopic (exact) mass is 836 g/mol. The summed E-state index contributed by atoms with van der Waals surface area (Å²) in [6, 6.07) is 10.3. The van der Waals surface area contributed by atoms with Crippen LogP contribution in [0.2, 0.25) is 0 Å². The van der Waals surface area contributed by atoms with E-state index in [1.54, 1.807) is 31.1 Å². The number of nitrogens with one attached hydrogen (secondary N) is 1. The molecule has 2 aromatic carbocycles. The quantitative estimate of drug-likeness (QED) is 0.237. The molecule has 1 saturated heterocycles. The number of fused-ring (bicyclic) bond motifs is 8. The summed E-state index contributed by atoms with van der Waals surface area (Å²) in [4.78, 5) is 61.1. The standard InChI is InChI=1S/C48H60N4O9/c1-46(2)32-7-6-8-35(53)37(32)41(55)38-33(46)24-34-40(50(4)5)42(56)39(44(58)48(34,60)43(38)57)45(59)49-25-52-19-17-51(18-20-52)21-22-61-27-10-12-28-26(23-27)9-11-30-29(28)15-16-47(3)31(30)13-14-36(47)54/h6-8,10,12,23,29-31,33-34,40,53,55,58,60H,9,11,13-22,24-25H2,1-5H3,(H,49,59). The number of benzene rings is 2. The molecule has 13 heteroatoms. The summed E-state index contributed by atoms with van der Waals surface area (Å²) in [6.07, 6.45) is 6.08. The molecule has 326 valence electrons. The van der Waals surface area contributed by atoms with Gasteiger partial charge in [-0.2, -0.15) is 0 Å². The van der Waals surface area contributed by atoms with E-state index < -0.39 is 63.5 Å². The summed E-state index contributed by atoms with van der Waals surface area (Å²) in [7, 11) is 3.26. The molecule has 1 aliphatic heterocycles. The number of carbonyl (C=O) groups is 4. The van der Waals surface area contributed by atoms with Crippen LogP contribution in [0.5, 0.6) is 11.5 Å². The lowest BCUT2D eigenvalue weighted by atomic mass is 9.52. The number of rotatable bonds is 8. The van der Waals surface area contributed by atoms with Crippen LogP contribution >= 0.6 is 0 Å². The van der Waals surface area contributed by atoms with Gasteiger partial charge in [0.1, 0.15) is 41.0 Å². The average molecular weight is 837 g/mol. The Labute approximate surface area is 357 Å². The SMILES string of the molecule is CN(C)C1C(=O)C(C(=O)NCN2CCN(CCOc3ccc4c(c3)CCC3C4CCC4(C)C(=O)CCC34)CC2)=C(O)C2(O)C(=O)C3=C(O)c4c(O)cccc4C(C)(C)C3CC12. The number of ether oxygens (including phenoxy) is 1. The Bertz CT molecular complexity index is 2260. The molecule has 13 nitrogen and oxygen atoms in total. The number of aryl methyl sites for hydroxylation is 1. The molecule has 0 spiro atoms. The predicted molar refractivity (Wildman–Crippen MR) is 227 cm³/mol. The highest BCUT2D eigenvalue weighted by Gasteiger charge is 2.66. The summed E-state index contributed by atoms with van der Waals surface area (Å²) < 4.78 is 6.25. The number of phenolic OH excluding ortho intramolecular Hbond substituents is 1. The smallest absolute Gasteiger partial charge is 0.259 e. The van der Waals surface area contributed by atoms with E-state index in [2.05, 4.69) is 35.3 Å². The van der Waals surface area contributed by atoms with Gasteiger partial charge in [-0.1, -0.05) is 39.0 Å². The lowest BCUT2D eigenvalue weighted by Crippen LogP contribution is -2.67. The summed E-state index contributed by atoms with van der Waals surface area (Å²) in [5.41, 5.74) is -0.873. The highest BCUT2D eigenvalue weighted by Crippen LogP contribution is 2.60. The van der Waals surface area contributed by atoms with Crippen molar-refractivity contribution >= 4 is 29.0 Å². The molecular formula is C48H60N4O9. The first kappa shape index (κ1) is 41.8. The fourth-order valence-corrected chi connectivity index (χ4v) is 12.9. The summed E-state index contributed by atoms with van der Waals surface area (Å²) in [6.45, 7) is 10.1. The molecule has 5 N–H and O–H groups in total. The summed E-state index contributed by atoms with van der Waals surface area (Å²) >= 11 is 0. The Morgan fingerprint density at radius 3 is 2.41 bits per heavy atom. The van der Waals surface area contributed by atoms with E-state index in [1.165, 1.54) is 17.2 Å². The van der Waals surface area contributed by atoms with Gasteiger partial charge in [-0.15, -0.1) is 0 Å². The second-order valence-corrected chi connectivity index (χ2v) is 19.8. The second kappa shape index (κ2) is 15.1. The van der Waals surface area contributed by atoms with Crippen molar-refractivity contribution in [2.45, 2.75) is 88.7 Å². The van der Waals surface area contributed by atoms with Gasteiger partial charge in [0, 0.05) is 62.0 Å². The minimum atomic E-state index is -2.67. The number of aliphatic hydroxyl groups excluding tert-OH is 2. The van der Waals surface area contributed by atoms with Crippen molar-refractivity contribution in [1.29, 1.82) is 0 Å². The van der Waals surface area contributed by atoms with Crippen LogP contribution in [0, 0.1) is 29.1 Å². The summed E-state index contributed by atoms with van der Waals surface area (Å²) in [5.74, 6) is -3.08. The van der Waals surface area contributed by atoms with E-state index in [1.807, 2.05) is 18.7 Å². The molecule has 9 rings (SSSR count). The second-order valence-electron chi connectivity index (χ2n) is 19.8. The Balaban J connectivity index is 0.817. The third-order valence-electron chi connectivity index (χ3n) is 16.4. The molecule has 6 aliphatic carbocycles. The first-order chi connectivity index (χ1) is 29.0. The molecule has 61 heavy (non-hydrogen) atoms. The third kappa shape index (κ3) is 6.39. The van der Waals surface area contributed by atoms with Crippen LogP contribution in [0.15, 0.2) is 53.3 Å². The van der Waals surface area contributed by atoms with Gasteiger partial charge in [0.05, 0.1) is 18.3 Å². The van der Waals surface area contributed by atoms with Crippen LogP contribution in [-0.4, -0.2) is 130 Å². The first-order valence-corrected chi connectivity index (χ1v) is 22.2. The van der Waals surface area contributed by atoms with E-state index >= 15 is 0 Å². The zero-order valence-corrected chi connectivity index (χ0v) is 36.0. The molecule has 8 unspecified atom stereocenters. The van der Waals surface area contributed by atoms with E-state index in [0.717, 1.165) is 63.9 Å². The van der Waals surface area contributed by atoms with Gasteiger partial charge >= 0.3 is 0 Å². The highest BCUT2D eigenvalue weighted by atomic mass is 16.5. The minimum Gasteiger partial charge on any atom is -0.508 e. The molecule has 0 aromatic heterocycles. The Hall–Kier alpha value is -4.56. The number of amides is 1. The number of Topliss-reactive ketones (excluding diaryl/α,β-unsaturated/α-hetero) is 3. The topological polar surface area (TPSA) is 180 Å². The molecule has 4 fully saturated rings. The van der Waals surface area contributed by atoms with Gasteiger partial charge in [0.2, 0.25) is 5.78 Å². The molecule has 0 bridgehead atoms. The molecule has 0 radical (unpaired) electrons. The third-order valence-corrected chi connectivity index (χ3v) is 16.4. The van der Waals surface area contributed by atoms with Crippen molar-refractivity contribution in [3.8, 4) is 11.5 Å². The van der Waals surface area contributed by atoms with Crippen LogP contribution in [0.3, 0.4) is 0 Å². The number of hydrogen-bond acceptors (Lipinski definition) is 12. The van der Waals surface area contributed by atoms with Gasteiger partial charge in [-0.25, -0.2) is 0 Å². The number of hydrogen-bond donors (Lipinski definition) is 5. The largest absolute Gasteiger partial charge is 0.508 e. The fourth-order valence-electron chi connectivity index (χ4n) is 12.9. The molecule has 1 amide bonds. The van der Waals surface area contributed by atoms with Crippen LogP contribution in [0.1, 0.15) is 87.5 Å². The number of aliphatic hydroxyl groups is 3. The van der Waals surface area contributed by atoms with Crippen molar-refractivity contribution in [2.24, 2.45) is 29.1 Å². The molecule has 3 saturated carbocycles. The fraction of sp³-hybridized carbons (Fsp3) is 0.583. The van der Waals surface area contributed by atoms with Crippen LogP contribution < -0.4 is 10.1 Å². The lowest BCUT2D eigenvalue weighted by molar-refractivity contribution is -0.155. The zero-order chi connectivity index (χ0) is 43.3. The van der Waals surface area contributed by atoms with E-state index in [9.17, 15) is 39.6 Å². The number of likely N-dealkylation sites (N-methyl/N-ethyl adjacent to an activating group) is 1. The van der Waals surface area contributed by atoms with Crippen LogP contribution in [0.4, 0.5) is 0 Å². The van der Waals surface area contributed by atoms with Crippen LogP contribution in [-0.2, 0) is 31.0 Å². The van der Waals surface area contributed by atoms with Gasteiger partial charge in [-0.05, 0) is 111 Å². The maximum Gasteiger partial charge on any atom is 0.259 e. The van der Waals surface area contributed by atoms with Gasteiger partial charge in [0.15, 0.2) is 11.4 Å². The number of ketones is 3. The molecule has 7 aliphatic rings. The average Bonchev–Trinajstić information content (AvgIpc) is 3.54. The Morgan fingerprint density at radius 1 is 0.934 bits per heavy atom. The lowest BCUT2D eigenvalue weighted by Gasteiger charge is -2.53. The normalized spacial score (nSPS) is 33.4. The van der Waals surface area contributed by atoms with Gasteiger partial charge < -0.3 is 30.5 Å². The van der Waals surface area contributed by atoms with E-state index in [-0.39, 0.29) is 35.4 Å². The number of carbonyl (C=O) groups excluding carboxylic acids is 4. The van der Waals surface area contributed by atoms with Gasteiger partial charge in [-0.3, -0.25) is 33.9 Å². The zero-order valence-electron chi connectivity index (χ0n) is 36.0. The molecule has 8 atom stereocenters. The highest BCUT2D eigenvalue weighted by molar-refractivity contribution is 6.25. The summed E-state index contributed by atoms with van der Waals surface area (Å²) in [5, 5.41) is 49.0. The molecular weight excluding hydrogens is 777 g/mol. The van der Waals surface area contributed by atoms with E-state index in [4.69, 9.17) is 4.74 Å². The van der Waals surface area contributed by atoms with Crippen molar-refractivity contribution in [1.82, 2.24) is 20.0 Å². The molecule has 1 heterocycles. The minimum absolute atomic E-state index is 0.0471. The molecule has 2 aromatic rings. The Morgan fingerprint density at radius 2 is 1.67 bits per heavy atom. The Kier molecular flexibility index (Phi) is 10.3. The van der Waals surface area contributed by atoms with E-state index in [0.29, 0.717) is 48.8 Å². The van der Waals surface area contributed by atoms with Crippen molar-refractivity contribution in [2.75, 3.05) is 60.1 Å². The maximum absolute atomic E-state index is 14.5.